The van der Waals surface area contributed by atoms with Crippen molar-refractivity contribution >= 4 is 5.78 Å². The molecule has 0 atom stereocenters. The molecule has 0 unspecified atom stereocenters. The Morgan fingerprint density at radius 3 is 1.61 bits per heavy atom. The highest BCUT2D eigenvalue weighted by Gasteiger charge is 2.29. The standard InChI is InChI=1S/C11H20O.C5H12O/c1-11(2,3)10(12)9-7-5-4-6-8-9;1-5(2,3)6-4/h9H,4-8H2,1-3H3;1-4H3. The van der Waals surface area contributed by atoms with Gasteiger partial charge in [-0.1, -0.05) is 40.0 Å². The Balaban J connectivity index is 0.000000411. The normalized spacial score (nSPS) is 17.9. The van der Waals surface area contributed by atoms with Gasteiger partial charge in [-0.2, -0.15) is 0 Å². The summed E-state index contributed by atoms with van der Waals surface area (Å²) in [6.07, 6.45) is 6.11. The fourth-order valence-corrected chi connectivity index (χ4v) is 1.98. The first-order valence-electron chi connectivity index (χ1n) is 7.17. The molecule has 0 saturated heterocycles. The molecule has 108 valence electrons. The van der Waals surface area contributed by atoms with Gasteiger partial charge >= 0.3 is 0 Å². The van der Waals surface area contributed by atoms with E-state index in [-0.39, 0.29) is 11.0 Å². The van der Waals surface area contributed by atoms with Crippen LogP contribution in [-0.2, 0) is 9.53 Å². The quantitative estimate of drug-likeness (QED) is 0.684. The van der Waals surface area contributed by atoms with Gasteiger partial charge in [-0.05, 0) is 33.6 Å². The van der Waals surface area contributed by atoms with Crippen LogP contribution in [0, 0.1) is 11.3 Å². The van der Waals surface area contributed by atoms with Crippen LogP contribution >= 0.6 is 0 Å². The van der Waals surface area contributed by atoms with Crippen molar-refractivity contribution in [3.8, 4) is 0 Å². The number of hydrogen-bond donors (Lipinski definition) is 0. The van der Waals surface area contributed by atoms with Crippen molar-refractivity contribution in [2.24, 2.45) is 11.3 Å². The highest BCUT2D eigenvalue weighted by Crippen LogP contribution is 2.30. The number of ether oxygens (including phenoxy) is 1. The fourth-order valence-electron chi connectivity index (χ4n) is 1.98. The molecule has 0 aromatic rings. The minimum atomic E-state index is -0.123. The van der Waals surface area contributed by atoms with Crippen LogP contribution in [0.15, 0.2) is 0 Å². The van der Waals surface area contributed by atoms with Crippen LogP contribution in [0.1, 0.15) is 73.6 Å². The van der Waals surface area contributed by atoms with E-state index in [9.17, 15) is 4.79 Å². The van der Waals surface area contributed by atoms with Crippen LogP contribution in [-0.4, -0.2) is 18.5 Å². The van der Waals surface area contributed by atoms with E-state index < -0.39 is 0 Å². The molecule has 2 heteroatoms. The molecule has 1 rings (SSSR count). The number of carbonyl (C=O) groups is 1. The summed E-state index contributed by atoms with van der Waals surface area (Å²) < 4.78 is 4.94. The maximum Gasteiger partial charge on any atom is 0.141 e. The number of ketones is 1. The molecule has 0 aromatic carbocycles. The smallest absolute Gasteiger partial charge is 0.141 e. The fraction of sp³-hybridized carbons (Fsp3) is 0.938. The average molecular weight is 256 g/mol. The van der Waals surface area contributed by atoms with E-state index in [0.717, 1.165) is 12.8 Å². The van der Waals surface area contributed by atoms with Gasteiger partial charge in [0, 0.05) is 18.4 Å². The predicted molar refractivity (Wildman–Crippen MR) is 77.8 cm³/mol. The van der Waals surface area contributed by atoms with Crippen LogP contribution in [0.2, 0.25) is 0 Å². The number of rotatable bonds is 1. The van der Waals surface area contributed by atoms with Crippen molar-refractivity contribution in [1.82, 2.24) is 0 Å². The number of methoxy groups -OCH3 is 1. The lowest BCUT2D eigenvalue weighted by molar-refractivity contribution is -0.131. The maximum atomic E-state index is 11.8. The molecule has 1 aliphatic rings. The van der Waals surface area contributed by atoms with Crippen molar-refractivity contribution in [2.75, 3.05) is 7.11 Å². The molecule has 0 aromatic heterocycles. The lowest BCUT2D eigenvalue weighted by atomic mass is 9.76. The van der Waals surface area contributed by atoms with Gasteiger partial charge in [0.05, 0.1) is 5.60 Å². The molecule has 2 nitrogen and oxygen atoms in total. The van der Waals surface area contributed by atoms with Crippen LogP contribution in [0.4, 0.5) is 0 Å². The van der Waals surface area contributed by atoms with Gasteiger partial charge in [-0.3, -0.25) is 4.79 Å². The zero-order valence-corrected chi connectivity index (χ0v) is 13.4. The Kier molecular flexibility index (Phi) is 7.13. The first kappa shape index (κ1) is 17.6. The van der Waals surface area contributed by atoms with E-state index in [1.54, 1.807) is 7.11 Å². The minimum absolute atomic E-state index is 0.0417. The largest absolute Gasteiger partial charge is 0.379 e. The number of carbonyl (C=O) groups excluding carboxylic acids is 1. The summed E-state index contributed by atoms with van der Waals surface area (Å²) in [5.41, 5.74) is -0.0813. The molecular formula is C16H32O2. The highest BCUT2D eigenvalue weighted by molar-refractivity contribution is 5.85. The summed E-state index contributed by atoms with van der Waals surface area (Å²) in [6.45, 7) is 12.2. The van der Waals surface area contributed by atoms with E-state index in [0.29, 0.717) is 11.7 Å². The monoisotopic (exact) mass is 256 g/mol. The number of Topliss-reactive ketones (excluding diaryl/α,β-unsaturated/α-hetero) is 1. The molecule has 0 radical (unpaired) electrons. The summed E-state index contributed by atoms with van der Waals surface area (Å²) >= 11 is 0. The first-order valence-corrected chi connectivity index (χ1v) is 7.17. The Morgan fingerprint density at radius 2 is 1.33 bits per heavy atom. The Morgan fingerprint density at radius 1 is 0.944 bits per heavy atom. The zero-order chi connectivity index (χ0) is 14.4. The van der Waals surface area contributed by atoms with Crippen molar-refractivity contribution in [2.45, 2.75) is 79.2 Å². The third-order valence-corrected chi connectivity index (χ3v) is 3.33. The van der Waals surface area contributed by atoms with Crippen molar-refractivity contribution in [1.29, 1.82) is 0 Å². The Labute approximate surface area is 113 Å². The average Bonchev–Trinajstić information content (AvgIpc) is 2.28. The van der Waals surface area contributed by atoms with Gasteiger partial charge in [0.1, 0.15) is 5.78 Å². The van der Waals surface area contributed by atoms with Crippen LogP contribution in [0.25, 0.3) is 0 Å². The molecule has 0 aliphatic heterocycles. The van der Waals surface area contributed by atoms with Gasteiger partial charge < -0.3 is 4.74 Å². The van der Waals surface area contributed by atoms with Crippen molar-refractivity contribution in [3.63, 3.8) is 0 Å². The lowest BCUT2D eigenvalue weighted by Crippen LogP contribution is -2.29. The van der Waals surface area contributed by atoms with E-state index in [4.69, 9.17) is 4.74 Å². The second-order valence-corrected chi connectivity index (χ2v) is 7.27. The first-order chi connectivity index (χ1) is 8.08. The van der Waals surface area contributed by atoms with Crippen LogP contribution in [0.3, 0.4) is 0 Å². The van der Waals surface area contributed by atoms with Crippen molar-refractivity contribution in [3.05, 3.63) is 0 Å². The maximum absolute atomic E-state index is 11.8. The summed E-state index contributed by atoms with van der Waals surface area (Å²) in [6, 6.07) is 0. The zero-order valence-electron chi connectivity index (χ0n) is 13.4. The van der Waals surface area contributed by atoms with Gasteiger partial charge in [0.2, 0.25) is 0 Å². The minimum Gasteiger partial charge on any atom is -0.379 e. The Bertz CT molecular complexity index is 237. The molecule has 1 aliphatic carbocycles. The molecule has 1 saturated carbocycles. The molecule has 18 heavy (non-hydrogen) atoms. The van der Waals surface area contributed by atoms with Crippen LogP contribution < -0.4 is 0 Å². The third kappa shape index (κ3) is 7.86. The van der Waals surface area contributed by atoms with Gasteiger partial charge in [-0.15, -0.1) is 0 Å². The molecule has 0 spiro atoms. The van der Waals surface area contributed by atoms with E-state index >= 15 is 0 Å². The highest BCUT2D eigenvalue weighted by atomic mass is 16.5. The van der Waals surface area contributed by atoms with E-state index in [1.165, 1.54) is 19.3 Å². The van der Waals surface area contributed by atoms with Gasteiger partial charge in [-0.25, -0.2) is 0 Å². The summed E-state index contributed by atoms with van der Waals surface area (Å²) in [7, 11) is 1.71. The van der Waals surface area contributed by atoms with Gasteiger partial charge in [0.15, 0.2) is 0 Å². The molecular weight excluding hydrogens is 224 g/mol. The molecule has 0 bridgehead atoms. The molecule has 1 fully saturated rings. The molecule has 0 heterocycles. The van der Waals surface area contributed by atoms with Crippen molar-refractivity contribution < 1.29 is 9.53 Å². The topological polar surface area (TPSA) is 26.3 Å². The van der Waals surface area contributed by atoms with E-state index in [2.05, 4.69) is 0 Å². The molecule has 0 amide bonds. The number of hydrogen-bond acceptors (Lipinski definition) is 2. The van der Waals surface area contributed by atoms with Gasteiger partial charge in [0.25, 0.3) is 0 Å². The Hall–Kier alpha value is -0.370. The molecule has 0 N–H and O–H groups in total. The second-order valence-electron chi connectivity index (χ2n) is 7.27. The second kappa shape index (κ2) is 7.28. The summed E-state index contributed by atoms with van der Waals surface area (Å²) in [5, 5.41) is 0. The summed E-state index contributed by atoms with van der Waals surface area (Å²) in [5.74, 6) is 0.848. The summed E-state index contributed by atoms with van der Waals surface area (Å²) in [4.78, 5) is 11.8. The van der Waals surface area contributed by atoms with E-state index in [1.807, 2.05) is 41.5 Å². The lowest BCUT2D eigenvalue weighted by Gasteiger charge is -2.27. The predicted octanol–water partition coefficient (Wildman–Crippen LogP) is 4.61. The SMILES string of the molecule is CC(C)(C)C(=O)C1CCCCC1.COC(C)(C)C. The third-order valence-electron chi connectivity index (χ3n) is 3.33. The van der Waals surface area contributed by atoms with Crippen LogP contribution in [0.5, 0.6) is 0 Å².